The molecule has 1 fully saturated rings. The number of amides is 1. The summed E-state index contributed by atoms with van der Waals surface area (Å²) in [5.41, 5.74) is 7.08. The first-order valence-electron chi connectivity index (χ1n) is 9.12. The lowest BCUT2D eigenvalue weighted by atomic mass is 9.98. The number of carbonyl (C=O) groups excluding carboxylic acids is 1. The molecule has 1 aliphatic heterocycles. The molecule has 152 valence electrons. The molecule has 8 heteroatoms. The third-order valence-corrected chi connectivity index (χ3v) is 6.74. The van der Waals surface area contributed by atoms with Crippen molar-refractivity contribution in [1.29, 1.82) is 0 Å². The second-order valence-corrected chi connectivity index (χ2v) is 8.72. The summed E-state index contributed by atoms with van der Waals surface area (Å²) in [6.45, 7) is 0.957. The van der Waals surface area contributed by atoms with Crippen molar-refractivity contribution in [1.82, 2.24) is 9.62 Å². The molecule has 0 saturated carbocycles. The minimum atomic E-state index is -3.57. The van der Waals surface area contributed by atoms with E-state index in [0.717, 1.165) is 5.56 Å². The van der Waals surface area contributed by atoms with E-state index < -0.39 is 10.0 Å². The fourth-order valence-corrected chi connectivity index (χ4v) is 4.83. The fraction of sp³-hybridized carbons (Fsp3) is 0.350. The van der Waals surface area contributed by atoms with Gasteiger partial charge in [0.05, 0.1) is 10.8 Å². The van der Waals surface area contributed by atoms with Crippen molar-refractivity contribution in [3.05, 3.63) is 66.2 Å². The van der Waals surface area contributed by atoms with Crippen LogP contribution >= 0.6 is 12.4 Å². The van der Waals surface area contributed by atoms with Crippen molar-refractivity contribution < 1.29 is 13.2 Å². The van der Waals surface area contributed by atoms with Crippen LogP contribution in [0.3, 0.4) is 0 Å². The molecule has 2 aromatic carbocycles. The maximum absolute atomic E-state index is 12.8. The van der Waals surface area contributed by atoms with E-state index in [-0.39, 0.29) is 41.7 Å². The van der Waals surface area contributed by atoms with Crippen molar-refractivity contribution in [3.8, 4) is 0 Å². The van der Waals surface area contributed by atoms with Crippen LogP contribution in [-0.2, 0) is 14.8 Å². The average Bonchev–Trinajstić information content (AvgIpc) is 2.73. The molecule has 1 saturated heterocycles. The van der Waals surface area contributed by atoms with Crippen molar-refractivity contribution >= 4 is 28.3 Å². The van der Waals surface area contributed by atoms with Crippen molar-refractivity contribution in [2.75, 3.05) is 19.6 Å². The zero-order valence-corrected chi connectivity index (χ0v) is 17.2. The normalized spacial score (nSPS) is 18.7. The largest absolute Gasteiger partial charge is 0.354 e. The van der Waals surface area contributed by atoms with E-state index in [1.807, 2.05) is 30.3 Å². The van der Waals surface area contributed by atoms with Crippen LogP contribution in [0.5, 0.6) is 0 Å². The molecular weight excluding hydrogens is 398 g/mol. The number of piperidine rings is 1. The van der Waals surface area contributed by atoms with Gasteiger partial charge in [-0.3, -0.25) is 4.79 Å². The number of halogens is 1. The van der Waals surface area contributed by atoms with Gasteiger partial charge >= 0.3 is 0 Å². The summed E-state index contributed by atoms with van der Waals surface area (Å²) in [6.07, 6.45) is 1.34. The zero-order valence-electron chi connectivity index (χ0n) is 15.5. The van der Waals surface area contributed by atoms with E-state index in [1.165, 1.54) is 4.31 Å². The monoisotopic (exact) mass is 423 g/mol. The highest BCUT2D eigenvalue weighted by Crippen LogP contribution is 2.24. The summed E-state index contributed by atoms with van der Waals surface area (Å²) in [7, 11) is -3.57. The zero-order chi connectivity index (χ0) is 19.3. The molecule has 0 radical (unpaired) electrons. The molecule has 1 heterocycles. The molecule has 2 atom stereocenters. The first-order valence-corrected chi connectivity index (χ1v) is 10.6. The van der Waals surface area contributed by atoms with Crippen LogP contribution in [0.1, 0.15) is 24.4 Å². The van der Waals surface area contributed by atoms with E-state index >= 15 is 0 Å². The molecule has 28 heavy (non-hydrogen) atoms. The lowest BCUT2D eigenvalue weighted by Gasteiger charge is -2.31. The Morgan fingerprint density at radius 3 is 2.36 bits per heavy atom. The first-order chi connectivity index (χ1) is 13.0. The minimum absolute atomic E-state index is 0. The van der Waals surface area contributed by atoms with Gasteiger partial charge in [0.1, 0.15) is 0 Å². The van der Waals surface area contributed by atoms with E-state index in [4.69, 9.17) is 5.73 Å². The van der Waals surface area contributed by atoms with Gasteiger partial charge in [0, 0.05) is 25.7 Å². The molecule has 0 spiro atoms. The molecule has 0 aromatic heterocycles. The molecule has 3 N–H and O–H groups in total. The second kappa shape index (κ2) is 10.0. The number of sulfonamides is 1. The Labute approximate surface area is 172 Å². The number of hydrogen-bond acceptors (Lipinski definition) is 4. The molecule has 1 amide bonds. The average molecular weight is 424 g/mol. The lowest BCUT2D eigenvalue weighted by molar-refractivity contribution is -0.126. The highest BCUT2D eigenvalue weighted by atomic mass is 35.5. The van der Waals surface area contributed by atoms with Gasteiger partial charge in [0.15, 0.2) is 0 Å². The number of carbonyl (C=O) groups is 1. The van der Waals surface area contributed by atoms with Crippen LogP contribution in [0.15, 0.2) is 65.6 Å². The van der Waals surface area contributed by atoms with Gasteiger partial charge < -0.3 is 11.1 Å². The van der Waals surface area contributed by atoms with E-state index in [2.05, 4.69) is 5.32 Å². The summed E-state index contributed by atoms with van der Waals surface area (Å²) < 4.78 is 27.0. The molecular formula is C20H26ClN3O3S. The number of nitrogens with zero attached hydrogens (tertiary/aromatic N) is 1. The summed E-state index contributed by atoms with van der Waals surface area (Å²) in [4.78, 5) is 12.8. The number of rotatable bonds is 6. The standard InChI is InChI=1S/C20H25N3O3S.ClH/c21-19(16-8-3-1-4-9-16)14-22-20(24)17-10-7-13-23(15-17)27(25,26)18-11-5-2-6-12-18;/h1-6,8-9,11-12,17,19H,7,10,13-15,21H2,(H,22,24);1H. The molecule has 2 unspecified atom stereocenters. The Bertz CT molecular complexity index is 863. The van der Waals surface area contributed by atoms with Crippen LogP contribution in [0, 0.1) is 5.92 Å². The third-order valence-electron chi connectivity index (χ3n) is 4.86. The van der Waals surface area contributed by atoms with E-state index in [1.54, 1.807) is 30.3 Å². The Morgan fingerprint density at radius 1 is 1.11 bits per heavy atom. The van der Waals surface area contributed by atoms with Crippen LogP contribution in [0.4, 0.5) is 0 Å². The summed E-state index contributed by atoms with van der Waals surface area (Å²) >= 11 is 0. The van der Waals surface area contributed by atoms with E-state index in [9.17, 15) is 13.2 Å². The van der Waals surface area contributed by atoms with Gasteiger partial charge in [-0.2, -0.15) is 4.31 Å². The van der Waals surface area contributed by atoms with Gasteiger partial charge in [-0.15, -0.1) is 12.4 Å². The SMILES string of the molecule is Cl.NC(CNC(=O)C1CCCN(S(=O)(=O)c2ccccc2)C1)c1ccccc1. The highest BCUT2D eigenvalue weighted by Gasteiger charge is 2.33. The van der Waals surface area contributed by atoms with Crippen molar-refractivity contribution in [2.24, 2.45) is 11.7 Å². The molecule has 0 bridgehead atoms. The second-order valence-electron chi connectivity index (χ2n) is 6.78. The van der Waals surface area contributed by atoms with Gasteiger partial charge in [-0.25, -0.2) is 8.42 Å². The highest BCUT2D eigenvalue weighted by molar-refractivity contribution is 7.89. The number of benzene rings is 2. The van der Waals surface area contributed by atoms with Gasteiger partial charge in [0.25, 0.3) is 0 Å². The van der Waals surface area contributed by atoms with Crippen LogP contribution < -0.4 is 11.1 Å². The van der Waals surface area contributed by atoms with Crippen molar-refractivity contribution in [2.45, 2.75) is 23.8 Å². The van der Waals surface area contributed by atoms with Crippen molar-refractivity contribution in [3.63, 3.8) is 0 Å². The Morgan fingerprint density at radius 2 is 1.71 bits per heavy atom. The number of hydrogen-bond donors (Lipinski definition) is 2. The lowest BCUT2D eigenvalue weighted by Crippen LogP contribution is -2.46. The summed E-state index contributed by atoms with van der Waals surface area (Å²) in [5.74, 6) is -0.505. The minimum Gasteiger partial charge on any atom is -0.354 e. The quantitative estimate of drug-likeness (QED) is 0.745. The fourth-order valence-electron chi connectivity index (χ4n) is 3.29. The molecule has 6 nitrogen and oxygen atoms in total. The predicted molar refractivity (Wildman–Crippen MR) is 112 cm³/mol. The maximum Gasteiger partial charge on any atom is 0.243 e. The Hall–Kier alpha value is -1.93. The first kappa shape index (κ1) is 22.4. The topological polar surface area (TPSA) is 92.5 Å². The predicted octanol–water partition coefficient (Wildman–Crippen LogP) is 2.33. The Kier molecular flexibility index (Phi) is 8.00. The molecule has 1 aliphatic rings. The van der Waals surface area contributed by atoms with Gasteiger partial charge in [-0.1, -0.05) is 48.5 Å². The molecule has 3 rings (SSSR count). The van der Waals surface area contributed by atoms with Crippen LogP contribution in [-0.4, -0.2) is 38.3 Å². The summed E-state index contributed by atoms with van der Waals surface area (Å²) in [6, 6.07) is 17.6. The maximum atomic E-state index is 12.8. The number of nitrogens with two attached hydrogens (primary N) is 1. The molecule has 2 aromatic rings. The summed E-state index contributed by atoms with van der Waals surface area (Å²) in [5, 5.41) is 2.88. The third kappa shape index (κ3) is 5.32. The molecule has 0 aliphatic carbocycles. The van der Waals surface area contributed by atoms with E-state index in [0.29, 0.717) is 25.9 Å². The van der Waals surface area contributed by atoms with Gasteiger partial charge in [0.2, 0.25) is 15.9 Å². The Balaban J connectivity index is 0.00000280. The van der Waals surface area contributed by atoms with Crippen LogP contribution in [0.2, 0.25) is 0 Å². The number of nitrogens with one attached hydrogen (secondary N) is 1. The van der Waals surface area contributed by atoms with Gasteiger partial charge in [-0.05, 0) is 30.5 Å². The van der Waals surface area contributed by atoms with Crippen LogP contribution in [0.25, 0.3) is 0 Å². The smallest absolute Gasteiger partial charge is 0.243 e.